The van der Waals surface area contributed by atoms with Gasteiger partial charge < -0.3 is 62.2 Å². The Morgan fingerprint density at radius 1 is 0.490 bits per heavy atom. The molecule has 0 aromatic rings. The van der Waals surface area contributed by atoms with E-state index >= 15 is 0 Å². The molecule has 0 aromatic carbocycles. The van der Waals surface area contributed by atoms with Crippen LogP contribution in [0.4, 0.5) is 0 Å². The summed E-state index contributed by atoms with van der Waals surface area (Å²) in [7, 11) is 10.3. The predicted octanol–water partition coefficient (Wildman–Crippen LogP) is -2.33. The molecule has 2 aliphatic rings. The van der Waals surface area contributed by atoms with Crippen molar-refractivity contribution in [2.24, 2.45) is 58.8 Å². The number of aliphatic hydroxyl groups excluding tert-OH is 2. The first kappa shape index (κ1) is 54.1. The van der Waals surface area contributed by atoms with Crippen LogP contribution in [0.5, 0.6) is 0 Å². The summed E-state index contributed by atoms with van der Waals surface area (Å²) in [5.74, 6) is -17.9. The van der Waals surface area contributed by atoms with E-state index < -0.39 is 89.1 Å². The number of carbonyl (C=O) groups is 8. The highest BCUT2D eigenvalue weighted by molar-refractivity contribution is 5.94. The van der Waals surface area contributed by atoms with Crippen molar-refractivity contribution in [2.45, 2.75) is 33.1 Å². The summed E-state index contributed by atoms with van der Waals surface area (Å²) in [6, 6.07) is 0. The molecule has 0 radical (unpaired) electrons. The van der Waals surface area contributed by atoms with Crippen molar-refractivity contribution in [2.75, 3.05) is 56.6 Å². The van der Waals surface area contributed by atoms with Crippen molar-refractivity contribution < 1.29 is 78.5 Å². The normalized spacial score (nSPS) is 24.4. The molecule has 20 heteroatoms. The van der Waals surface area contributed by atoms with Crippen LogP contribution in [-0.4, -0.2) is 135 Å². The Balaban J connectivity index is -0.000000217. The van der Waals surface area contributed by atoms with E-state index in [1.54, 1.807) is 0 Å². The van der Waals surface area contributed by atoms with Gasteiger partial charge in [0.25, 0.3) is 0 Å². The maximum Gasteiger partial charge on any atom is 0.310 e. The summed E-state index contributed by atoms with van der Waals surface area (Å²) in [5.41, 5.74) is 9.00. The highest BCUT2D eigenvalue weighted by atomic mass is 16.5. The molecule has 2 saturated carbocycles. The lowest BCUT2D eigenvalue weighted by Crippen LogP contribution is -2.52. The van der Waals surface area contributed by atoms with E-state index in [-0.39, 0.29) is 32.6 Å². The summed E-state index contributed by atoms with van der Waals surface area (Å²) in [4.78, 5) is 92.2. The molecule has 20 nitrogen and oxygen atoms in total. The second kappa shape index (κ2) is 29.7. The molecule has 2 fully saturated rings. The van der Waals surface area contributed by atoms with Crippen LogP contribution in [0.1, 0.15) is 33.1 Å². The number of nitrogens with two attached hydrogens (primary N) is 2. The lowest BCUT2D eigenvalue weighted by Gasteiger charge is -2.38. The molecular formula is C29H56N4O16. The predicted molar refractivity (Wildman–Crippen MR) is 172 cm³/mol. The third-order valence-corrected chi connectivity index (χ3v) is 7.40. The molecule has 288 valence electrons. The molecule has 2 aliphatic carbocycles. The SMILES string of the molecule is C.CN.CN.CNC(=O)C1CCC(C(=O)OC)C(C(=O)NC)C1C(=O)OC.CO.CO.O=C(O)C1CCC(C(=O)O)C(C(=O)O)C1C(=O)O. The minimum absolute atomic E-state index is 0. The van der Waals surface area contributed by atoms with E-state index in [2.05, 4.69) is 22.1 Å². The molecule has 8 unspecified atom stereocenters. The Morgan fingerprint density at radius 3 is 1.06 bits per heavy atom. The van der Waals surface area contributed by atoms with Crippen LogP contribution < -0.4 is 22.1 Å². The van der Waals surface area contributed by atoms with Crippen molar-refractivity contribution in [3.8, 4) is 0 Å². The Kier molecular flexibility index (Phi) is 32.8. The van der Waals surface area contributed by atoms with Crippen molar-refractivity contribution in [1.29, 1.82) is 0 Å². The number of hydrogen-bond acceptors (Lipinski definition) is 14. The van der Waals surface area contributed by atoms with Gasteiger partial charge in [0.2, 0.25) is 11.8 Å². The third kappa shape index (κ3) is 15.6. The van der Waals surface area contributed by atoms with Crippen LogP contribution in [0.2, 0.25) is 0 Å². The van der Waals surface area contributed by atoms with Gasteiger partial charge in [-0.05, 0) is 39.8 Å². The molecule has 49 heavy (non-hydrogen) atoms. The monoisotopic (exact) mass is 716 g/mol. The number of rotatable bonds is 8. The van der Waals surface area contributed by atoms with E-state index in [1.807, 2.05) is 0 Å². The lowest BCUT2D eigenvalue weighted by atomic mass is 9.65. The maximum atomic E-state index is 12.2. The van der Waals surface area contributed by atoms with E-state index in [9.17, 15) is 38.4 Å². The number of esters is 2. The number of hydrogen-bond donors (Lipinski definition) is 10. The van der Waals surface area contributed by atoms with E-state index in [0.717, 1.165) is 14.2 Å². The topological polar surface area (TPSA) is 352 Å². The molecule has 0 bridgehead atoms. The number of carboxylic acids is 4. The van der Waals surface area contributed by atoms with Crippen molar-refractivity contribution in [1.82, 2.24) is 10.6 Å². The number of methoxy groups -OCH3 is 2. The zero-order valence-corrected chi connectivity index (χ0v) is 28.4. The number of aliphatic carboxylic acids is 4. The number of nitrogens with one attached hydrogen (secondary N) is 2. The number of ether oxygens (including phenoxy) is 2. The molecule has 8 atom stereocenters. The highest BCUT2D eigenvalue weighted by Gasteiger charge is 2.53. The fourth-order valence-electron chi connectivity index (χ4n) is 5.50. The molecular weight excluding hydrogens is 660 g/mol. The van der Waals surface area contributed by atoms with Gasteiger partial charge in [0, 0.05) is 28.3 Å². The van der Waals surface area contributed by atoms with Crippen LogP contribution in [-0.2, 0) is 47.8 Å². The largest absolute Gasteiger partial charge is 0.481 e. The summed E-state index contributed by atoms with van der Waals surface area (Å²) in [6.45, 7) is 0. The minimum Gasteiger partial charge on any atom is -0.481 e. The van der Waals surface area contributed by atoms with Crippen molar-refractivity contribution >= 4 is 47.6 Å². The minimum atomic E-state index is -1.73. The number of carboxylic acid groups (broad SMARTS) is 4. The average Bonchev–Trinajstić information content (AvgIpc) is 3.12. The second-order valence-electron chi connectivity index (χ2n) is 9.31. The van der Waals surface area contributed by atoms with Gasteiger partial charge in [0.05, 0.1) is 61.6 Å². The Hall–Kier alpha value is -4.40. The Bertz CT molecular complexity index is 962. The van der Waals surface area contributed by atoms with Gasteiger partial charge >= 0.3 is 35.8 Å². The molecule has 0 saturated heterocycles. The molecule has 2 amide bonds. The maximum absolute atomic E-state index is 12.2. The van der Waals surface area contributed by atoms with Gasteiger partial charge in [0.1, 0.15) is 0 Å². The molecule has 0 heterocycles. The third-order valence-electron chi connectivity index (χ3n) is 7.40. The first-order chi connectivity index (χ1) is 22.7. The number of carbonyl (C=O) groups excluding carboxylic acids is 4. The zero-order valence-electron chi connectivity index (χ0n) is 28.4. The van der Waals surface area contributed by atoms with Gasteiger partial charge in [-0.15, -0.1) is 0 Å². The standard InChI is InChI=1S/C14H22N2O6.C10H12O8.2CH5N.2CH4O.CH4/c1-15-11(17)7-5-6-8(13(19)21-3)9(12(18)16-2)10(7)14(20)22-4;11-7(12)3-1-2-4(8(13)14)6(10(17)18)5(3)9(15)16;4*1-2;/h7-10H,5-6H2,1-4H3,(H,15,17)(H,16,18);3-6H,1-2H2,(H,11,12)(H,13,14)(H,15,16)(H,17,18);2*2H2,1H3;2*2H,1H3;1H4. The first-order valence-electron chi connectivity index (χ1n) is 14.2. The van der Waals surface area contributed by atoms with Gasteiger partial charge in [-0.25, -0.2) is 0 Å². The van der Waals surface area contributed by atoms with Crippen LogP contribution in [0.3, 0.4) is 0 Å². The summed E-state index contributed by atoms with van der Waals surface area (Å²) < 4.78 is 9.48. The first-order valence-corrected chi connectivity index (χ1v) is 14.2. The summed E-state index contributed by atoms with van der Waals surface area (Å²) >= 11 is 0. The Morgan fingerprint density at radius 2 is 0.796 bits per heavy atom. The van der Waals surface area contributed by atoms with Gasteiger partial charge in [-0.1, -0.05) is 7.43 Å². The fourth-order valence-corrected chi connectivity index (χ4v) is 5.50. The zero-order chi connectivity index (χ0) is 38.9. The van der Waals surface area contributed by atoms with Gasteiger partial charge in [-0.2, -0.15) is 0 Å². The summed E-state index contributed by atoms with van der Waals surface area (Å²) in [6.07, 6.45) is 0.267. The van der Waals surface area contributed by atoms with E-state index in [4.69, 9.17) is 40.1 Å². The molecule has 12 N–H and O–H groups in total. The fraction of sp³-hybridized carbons (Fsp3) is 0.724. The van der Waals surface area contributed by atoms with Crippen LogP contribution in [0, 0.1) is 47.3 Å². The van der Waals surface area contributed by atoms with Gasteiger partial charge in [0.15, 0.2) is 0 Å². The Labute approximate surface area is 285 Å². The molecule has 0 spiro atoms. The molecule has 0 aromatic heterocycles. The average molecular weight is 717 g/mol. The van der Waals surface area contributed by atoms with E-state index in [0.29, 0.717) is 6.42 Å². The van der Waals surface area contributed by atoms with Crippen molar-refractivity contribution in [3.63, 3.8) is 0 Å². The quantitative estimate of drug-likeness (QED) is 0.118. The highest BCUT2D eigenvalue weighted by Crippen LogP contribution is 2.41. The number of amides is 2. The lowest BCUT2D eigenvalue weighted by molar-refractivity contribution is -0.172. The summed E-state index contributed by atoms with van der Waals surface area (Å²) in [5, 5.41) is 54.6. The van der Waals surface area contributed by atoms with Crippen LogP contribution >= 0.6 is 0 Å². The van der Waals surface area contributed by atoms with Crippen LogP contribution in [0.15, 0.2) is 0 Å². The van der Waals surface area contributed by atoms with E-state index in [1.165, 1.54) is 42.4 Å². The number of aliphatic hydroxyl groups is 2. The molecule has 0 aliphatic heterocycles. The van der Waals surface area contributed by atoms with Crippen LogP contribution in [0.25, 0.3) is 0 Å². The molecule has 2 rings (SSSR count). The smallest absolute Gasteiger partial charge is 0.310 e. The van der Waals surface area contributed by atoms with Crippen molar-refractivity contribution in [3.05, 3.63) is 0 Å². The van der Waals surface area contributed by atoms with Gasteiger partial charge in [-0.3, -0.25) is 38.4 Å². The second-order valence-corrected chi connectivity index (χ2v) is 9.31.